The first-order valence-electron chi connectivity index (χ1n) is 6.65. The molecule has 0 spiro atoms. The van der Waals surface area contributed by atoms with Crippen molar-refractivity contribution in [2.24, 2.45) is 0 Å². The molecule has 1 aromatic heterocycles. The second-order valence-corrected chi connectivity index (χ2v) is 4.62. The molecule has 0 bridgehead atoms. The van der Waals surface area contributed by atoms with Crippen molar-refractivity contribution in [1.29, 1.82) is 0 Å². The second kappa shape index (κ2) is 6.43. The number of hydrogen-bond acceptors (Lipinski definition) is 3. The molecule has 19 heavy (non-hydrogen) atoms. The zero-order valence-corrected chi connectivity index (χ0v) is 11.8. The van der Waals surface area contributed by atoms with Crippen LogP contribution in [-0.4, -0.2) is 13.7 Å². The van der Waals surface area contributed by atoms with Crippen LogP contribution in [-0.2, 0) is 6.42 Å². The largest absolute Gasteiger partial charge is 0.496 e. The maximum atomic E-state index is 5.41. The molecule has 2 rings (SSSR count). The van der Waals surface area contributed by atoms with Gasteiger partial charge in [0.25, 0.3) is 0 Å². The molecule has 102 valence electrons. The van der Waals surface area contributed by atoms with E-state index in [0.717, 1.165) is 24.5 Å². The van der Waals surface area contributed by atoms with Gasteiger partial charge < -0.3 is 14.5 Å². The summed E-state index contributed by atoms with van der Waals surface area (Å²) >= 11 is 0. The fourth-order valence-corrected chi connectivity index (χ4v) is 2.29. The van der Waals surface area contributed by atoms with Gasteiger partial charge in [0.05, 0.1) is 13.4 Å². The molecule has 1 atom stereocenters. The first-order valence-corrected chi connectivity index (χ1v) is 6.65. The van der Waals surface area contributed by atoms with E-state index in [4.69, 9.17) is 9.15 Å². The fourth-order valence-electron chi connectivity index (χ4n) is 2.29. The number of likely N-dealkylation sites (N-methyl/N-ethyl adjacent to an activating group) is 1. The zero-order valence-electron chi connectivity index (χ0n) is 11.8. The summed E-state index contributed by atoms with van der Waals surface area (Å²) in [4.78, 5) is 0. The average molecular weight is 259 g/mol. The Bertz CT molecular complexity index is 519. The first kappa shape index (κ1) is 13.7. The van der Waals surface area contributed by atoms with Crippen molar-refractivity contribution in [3.8, 4) is 5.75 Å². The maximum absolute atomic E-state index is 5.41. The minimum atomic E-state index is 0.249. The third kappa shape index (κ3) is 3.38. The fraction of sp³-hybridized carbons (Fsp3) is 0.375. The van der Waals surface area contributed by atoms with Crippen LogP contribution in [0.2, 0.25) is 0 Å². The lowest BCUT2D eigenvalue weighted by atomic mass is 10.00. The Morgan fingerprint density at radius 3 is 2.74 bits per heavy atom. The predicted octanol–water partition coefficient (Wildman–Crippen LogP) is 3.49. The van der Waals surface area contributed by atoms with Gasteiger partial charge in [-0.1, -0.05) is 25.1 Å². The van der Waals surface area contributed by atoms with Crippen LogP contribution >= 0.6 is 0 Å². The number of methoxy groups -OCH3 is 1. The predicted molar refractivity (Wildman–Crippen MR) is 76.6 cm³/mol. The van der Waals surface area contributed by atoms with Gasteiger partial charge in [0.15, 0.2) is 0 Å². The minimum Gasteiger partial charge on any atom is -0.496 e. The number of para-hydroxylation sites is 1. The van der Waals surface area contributed by atoms with E-state index in [-0.39, 0.29) is 6.04 Å². The van der Waals surface area contributed by atoms with E-state index in [1.54, 1.807) is 7.11 Å². The van der Waals surface area contributed by atoms with Crippen LogP contribution in [0.3, 0.4) is 0 Å². The molecule has 0 aliphatic carbocycles. The van der Waals surface area contributed by atoms with Gasteiger partial charge in [0, 0.05) is 11.6 Å². The van der Waals surface area contributed by atoms with Crippen LogP contribution in [0.4, 0.5) is 0 Å². The molecule has 3 nitrogen and oxygen atoms in total. The van der Waals surface area contributed by atoms with Crippen LogP contribution in [0.1, 0.15) is 29.9 Å². The smallest absolute Gasteiger partial charge is 0.122 e. The second-order valence-electron chi connectivity index (χ2n) is 4.62. The number of benzene rings is 1. The molecule has 1 unspecified atom stereocenters. The highest BCUT2D eigenvalue weighted by molar-refractivity contribution is 5.35. The molecule has 0 saturated carbocycles. The topological polar surface area (TPSA) is 34.4 Å². The van der Waals surface area contributed by atoms with Gasteiger partial charge >= 0.3 is 0 Å². The van der Waals surface area contributed by atoms with Crippen LogP contribution in [0.25, 0.3) is 0 Å². The third-order valence-corrected chi connectivity index (χ3v) is 3.22. The maximum Gasteiger partial charge on any atom is 0.122 e. The lowest BCUT2D eigenvalue weighted by Gasteiger charge is -2.18. The summed E-state index contributed by atoms with van der Waals surface area (Å²) < 4.78 is 10.8. The van der Waals surface area contributed by atoms with Crippen molar-refractivity contribution in [2.45, 2.75) is 26.3 Å². The highest BCUT2D eigenvalue weighted by atomic mass is 16.5. The van der Waals surface area contributed by atoms with Gasteiger partial charge in [0.1, 0.15) is 11.5 Å². The van der Waals surface area contributed by atoms with E-state index >= 15 is 0 Å². The molecule has 0 amide bonds. The van der Waals surface area contributed by atoms with Crippen LogP contribution in [0.5, 0.6) is 5.75 Å². The van der Waals surface area contributed by atoms with Crippen molar-refractivity contribution >= 4 is 0 Å². The lowest BCUT2D eigenvalue weighted by Crippen LogP contribution is -2.22. The van der Waals surface area contributed by atoms with Crippen LogP contribution < -0.4 is 10.1 Å². The summed E-state index contributed by atoms with van der Waals surface area (Å²) in [6.07, 6.45) is 2.72. The molecule has 2 aromatic rings. The number of nitrogens with one attached hydrogen (secondary N) is 1. The molecule has 0 fully saturated rings. The Labute approximate surface area is 114 Å². The van der Waals surface area contributed by atoms with Gasteiger partial charge in [0.2, 0.25) is 0 Å². The van der Waals surface area contributed by atoms with Gasteiger partial charge in [-0.15, -0.1) is 0 Å². The van der Waals surface area contributed by atoms with Gasteiger partial charge in [-0.3, -0.25) is 0 Å². The summed E-state index contributed by atoms with van der Waals surface area (Å²) in [5.41, 5.74) is 2.39. The number of furan rings is 1. The number of ether oxygens (including phenoxy) is 1. The minimum absolute atomic E-state index is 0.249. The van der Waals surface area contributed by atoms with E-state index < -0.39 is 0 Å². The molecular weight excluding hydrogens is 238 g/mol. The average Bonchev–Trinajstić information content (AvgIpc) is 2.85. The third-order valence-electron chi connectivity index (χ3n) is 3.22. The number of hydrogen-bond donors (Lipinski definition) is 1. The zero-order chi connectivity index (χ0) is 13.7. The summed E-state index contributed by atoms with van der Waals surface area (Å²) in [5, 5.41) is 3.50. The number of aryl methyl sites for hydroxylation is 1. The summed E-state index contributed by atoms with van der Waals surface area (Å²) in [5.74, 6) is 1.88. The Hall–Kier alpha value is -1.74. The van der Waals surface area contributed by atoms with Crippen molar-refractivity contribution in [1.82, 2.24) is 5.32 Å². The normalized spacial score (nSPS) is 12.4. The first-order chi connectivity index (χ1) is 9.24. The molecule has 1 heterocycles. The Morgan fingerprint density at radius 2 is 2.11 bits per heavy atom. The van der Waals surface area contributed by atoms with E-state index in [9.17, 15) is 0 Å². The standard InChI is InChI=1S/C16H21NO2/c1-4-17-15(14-9-12(2)19-11-14)10-13-7-5-6-8-16(13)18-3/h5-9,11,15,17H,4,10H2,1-3H3. The molecule has 0 aliphatic rings. The van der Waals surface area contributed by atoms with Gasteiger partial charge in [-0.2, -0.15) is 0 Å². The van der Waals surface area contributed by atoms with E-state index in [1.165, 1.54) is 11.1 Å². The van der Waals surface area contributed by atoms with Crippen molar-refractivity contribution in [2.75, 3.05) is 13.7 Å². The van der Waals surface area contributed by atoms with E-state index in [2.05, 4.69) is 24.4 Å². The molecule has 0 aliphatic heterocycles. The lowest BCUT2D eigenvalue weighted by molar-refractivity contribution is 0.405. The van der Waals surface area contributed by atoms with Crippen molar-refractivity contribution < 1.29 is 9.15 Å². The highest BCUT2D eigenvalue weighted by Crippen LogP contribution is 2.25. The molecule has 1 aromatic carbocycles. The molecule has 3 heteroatoms. The van der Waals surface area contributed by atoms with E-state index in [1.807, 2.05) is 31.4 Å². The van der Waals surface area contributed by atoms with Gasteiger partial charge in [-0.05, 0) is 37.6 Å². The quantitative estimate of drug-likeness (QED) is 0.862. The van der Waals surface area contributed by atoms with Crippen LogP contribution in [0.15, 0.2) is 41.0 Å². The number of rotatable bonds is 6. The van der Waals surface area contributed by atoms with Gasteiger partial charge in [-0.25, -0.2) is 0 Å². The molecule has 1 N–H and O–H groups in total. The highest BCUT2D eigenvalue weighted by Gasteiger charge is 2.15. The Kier molecular flexibility index (Phi) is 4.63. The van der Waals surface area contributed by atoms with E-state index in [0.29, 0.717) is 0 Å². The molecular formula is C16H21NO2. The van der Waals surface area contributed by atoms with Crippen molar-refractivity contribution in [3.63, 3.8) is 0 Å². The Morgan fingerprint density at radius 1 is 1.32 bits per heavy atom. The molecule has 0 radical (unpaired) electrons. The SMILES string of the molecule is CCNC(Cc1ccccc1OC)c1coc(C)c1. The summed E-state index contributed by atoms with van der Waals surface area (Å²) in [7, 11) is 1.71. The molecule has 0 saturated heterocycles. The summed E-state index contributed by atoms with van der Waals surface area (Å²) in [6, 6.07) is 10.5. The Balaban J connectivity index is 2.21. The van der Waals surface area contributed by atoms with Crippen LogP contribution in [0, 0.1) is 6.92 Å². The monoisotopic (exact) mass is 259 g/mol. The van der Waals surface area contributed by atoms with Crippen molar-refractivity contribution in [3.05, 3.63) is 53.5 Å². The summed E-state index contributed by atoms with van der Waals surface area (Å²) in [6.45, 7) is 5.00.